The minimum Gasteiger partial charge on any atom is -0.472 e. The van der Waals surface area contributed by atoms with Crippen LogP contribution in [0, 0.1) is 0 Å². The highest BCUT2D eigenvalue weighted by Crippen LogP contribution is 2.14. The molecule has 0 saturated heterocycles. The summed E-state index contributed by atoms with van der Waals surface area (Å²) < 4.78 is 10.1. The Morgan fingerprint density at radius 1 is 1.29 bits per heavy atom. The second-order valence-electron chi connectivity index (χ2n) is 3.51. The molecule has 1 unspecified atom stereocenters. The Kier molecular flexibility index (Phi) is 3.57. The van der Waals surface area contributed by atoms with Gasteiger partial charge in [0.15, 0.2) is 6.23 Å². The Balaban J connectivity index is 2.08. The summed E-state index contributed by atoms with van der Waals surface area (Å²) in [5.74, 6) is -0.182. The zero-order valence-electron chi connectivity index (χ0n) is 9.42. The standard InChI is InChI=1S/C13H13NO3/c1-16-13(11-7-8-17-9-11)14-12(15)10-5-3-2-4-6-10/h2-9,13H,1H3,(H,14,15). The summed E-state index contributed by atoms with van der Waals surface area (Å²) in [6, 6.07) is 10.7. The average molecular weight is 231 g/mol. The van der Waals surface area contributed by atoms with Crippen molar-refractivity contribution >= 4 is 5.91 Å². The van der Waals surface area contributed by atoms with Crippen LogP contribution < -0.4 is 5.32 Å². The van der Waals surface area contributed by atoms with Crippen molar-refractivity contribution in [2.75, 3.05) is 7.11 Å². The van der Waals surface area contributed by atoms with Gasteiger partial charge in [0.05, 0.1) is 12.5 Å². The van der Waals surface area contributed by atoms with Crippen LogP contribution in [0.5, 0.6) is 0 Å². The van der Waals surface area contributed by atoms with Crippen LogP contribution in [0.2, 0.25) is 0 Å². The van der Waals surface area contributed by atoms with E-state index < -0.39 is 6.23 Å². The summed E-state index contributed by atoms with van der Waals surface area (Å²) in [5, 5.41) is 2.76. The molecule has 1 aromatic heterocycles. The maximum atomic E-state index is 11.9. The van der Waals surface area contributed by atoms with Gasteiger partial charge in [-0.15, -0.1) is 0 Å². The topological polar surface area (TPSA) is 51.5 Å². The molecule has 1 atom stereocenters. The molecule has 4 nitrogen and oxygen atoms in total. The number of rotatable bonds is 4. The SMILES string of the molecule is COC(NC(=O)c1ccccc1)c1ccoc1. The molecular formula is C13H13NO3. The number of hydrogen-bond donors (Lipinski definition) is 1. The summed E-state index contributed by atoms with van der Waals surface area (Å²) in [6.07, 6.45) is 2.58. The number of furan rings is 1. The zero-order chi connectivity index (χ0) is 12.1. The van der Waals surface area contributed by atoms with E-state index in [0.29, 0.717) is 5.56 Å². The summed E-state index contributed by atoms with van der Waals surface area (Å²) >= 11 is 0. The van der Waals surface area contributed by atoms with Crippen molar-refractivity contribution in [1.82, 2.24) is 5.32 Å². The van der Waals surface area contributed by atoms with Crippen LogP contribution in [0.25, 0.3) is 0 Å². The van der Waals surface area contributed by atoms with E-state index in [2.05, 4.69) is 5.32 Å². The number of amides is 1. The third-order valence-electron chi connectivity index (χ3n) is 2.38. The van der Waals surface area contributed by atoms with Gasteiger partial charge in [-0.1, -0.05) is 18.2 Å². The Bertz CT molecular complexity index is 465. The monoisotopic (exact) mass is 231 g/mol. The molecule has 0 spiro atoms. The quantitative estimate of drug-likeness (QED) is 0.822. The predicted molar refractivity (Wildman–Crippen MR) is 62.4 cm³/mol. The van der Waals surface area contributed by atoms with Crippen LogP contribution in [0.3, 0.4) is 0 Å². The molecule has 0 aliphatic heterocycles. The lowest BCUT2D eigenvalue weighted by atomic mass is 10.2. The van der Waals surface area contributed by atoms with E-state index in [1.165, 1.54) is 13.4 Å². The molecule has 1 aromatic carbocycles. The third kappa shape index (κ3) is 2.73. The van der Waals surface area contributed by atoms with Gasteiger partial charge in [-0.2, -0.15) is 0 Å². The summed E-state index contributed by atoms with van der Waals surface area (Å²) in [6.45, 7) is 0. The highest BCUT2D eigenvalue weighted by atomic mass is 16.5. The Morgan fingerprint density at radius 3 is 2.65 bits per heavy atom. The molecule has 0 aliphatic rings. The fraction of sp³-hybridized carbons (Fsp3) is 0.154. The van der Waals surface area contributed by atoms with Gasteiger partial charge >= 0.3 is 0 Å². The van der Waals surface area contributed by atoms with Crippen molar-refractivity contribution in [3.05, 3.63) is 60.1 Å². The van der Waals surface area contributed by atoms with E-state index in [1.807, 2.05) is 18.2 Å². The normalized spacial score (nSPS) is 12.1. The van der Waals surface area contributed by atoms with Gasteiger partial charge in [0.2, 0.25) is 0 Å². The van der Waals surface area contributed by atoms with Crippen molar-refractivity contribution in [3.63, 3.8) is 0 Å². The van der Waals surface area contributed by atoms with Gasteiger partial charge in [0.1, 0.15) is 0 Å². The second-order valence-corrected chi connectivity index (χ2v) is 3.51. The molecule has 2 aromatic rings. The van der Waals surface area contributed by atoms with Crippen LogP contribution in [0.15, 0.2) is 53.3 Å². The van der Waals surface area contributed by atoms with E-state index in [1.54, 1.807) is 24.5 Å². The highest BCUT2D eigenvalue weighted by Gasteiger charge is 2.15. The first kappa shape index (κ1) is 11.4. The largest absolute Gasteiger partial charge is 0.472 e. The number of benzene rings is 1. The minimum absolute atomic E-state index is 0.182. The van der Waals surface area contributed by atoms with Crippen LogP contribution in [0.4, 0.5) is 0 Å². The molecule has 88 valence electrons. The van der Waals surface area contributed by atoms with E-state index >= 15 is 0 Å². The molecule has 2 rings (SSSR count). The van der Waals surface area contributed by atoms with Crippen molar-refractivity contribution in [2.45, 2.75) is 6.23 Å². The second kappa shape index (κ2) is 5.32. The zero-order valence-corrected chi connectivity index (χ0v) is 9.42. The molecule has 1 heterocycles. The molecule has 4 heteroatoms. The van der Waals surface area contributed by atoms with Gasteiger partial charge < -0.3 is 14.5 Å². The molecule has 1 amide bonds. The molecule has 0 bridgehead atoms. The number of methoxy groups -OCH3 is 1. The summed E-state index contributed by atoms with van der Waals surface area (Å²) in [4.78, 5) is 11.9. The average Bonchev–Trinajstić information content (AvgIpc) is 2.90. The minimum atomic E-state index is -0.499. The maximum Gasteiger partial charge on any atom is 0.253 e. The summed E-state index contributed by atoms with van der Waals surface area (Å²) in [7, 11) is 1.53. The first-order valence-electron chi connectivity index (χ1n) is 5.22. The number of hydrogen-bond acceptors (Lipinski definition) is 3. The molecule has 17 heavy (non-hydrogen) atoms. The van der Waals surface area contributed by atoms with Crippen molar-refractivity contribution in [3.8, 4) is 0 Å². The third-order valence-corrected chi connectivity index (χ3v) is 2.38. The van der Waals surface area contributed by atoms with E-state index in [-0.39, 0.29) is 5.91 Å². The number of ether oxygens (including phenoxy) is 1. The first-order valence-corrected chi connectivity index (χ1v) is 5.22. The lowest BCUT2D eigenvalue weighted by Crippen LogP contribution is -2.29. The van der Waals surface area contributed by atoms with Crippen LogP contribution in [-0.4, -0.2) is 13.0 Å². The predicted octanol–water partition coefficient (Wildman–Crippen LogP) is 2.35. The van der Waals surface area contributed by atoms with Crippen molar-refractivity contribution in [2.24, 2.45) is 0 Å². The molecular weight excluding hydrogens is 218 g/mol. The van der Waals surface area contributed by atoms with Crippen LogP contribution in [-0.2, 0) is 4.74 Å². The molecule has 0 fully saturated rings. The Labute approximate surface area is 99.2 Å². The smallest absolute Gasteiger partial charge is 0.253 e. The van der Waals surface area contributed by atoms with Crippen LogP contribution in [0.1, 0.15) is 22.1 Å². The fourth-order valence-corrected chi connectivity index (χ4v) is 1.49. The highest BCUT2D eigenvalue weighted by molar-refractivity contribution is 5.94. The van der Waals surface area contributed by atoms with Crippen LogP contribution >= 0.6 is 0 Å². The van der Waals surface area contributed by atoms with E-state index in [4.69, 9.17) is 9.15 Å². The van der Waals surface area contributed by atoms with Crippen molar-refractivity contribution in [1.29, 1.82) is 0 Å². The molecule has 0 aliphatic carbocycles. The molecule has 0 radical (unpaired) electrons. The molecule has 1 N–H and O–H groups in total. The first-order chi connectivity index (χ1) is 8.31. The number of nitrogens with one attached hydrogen (secondary N) is 1. The number of carbonyl (C=O) groups is 1. The maximum absolute atomic E-state index is 11.9. The van der Waals surface area contributed by atoms with Crippen molar-refractivity contribution < 1.29 is 13.9 Å². The fourth-order valence-electron chi connectivity index (χ4n) is 1.49. The number of carbonyl (C=O) groups excluding carboxylic acids is 1. The van der Waals surface area contributed by atoms with Gasteiger partial charge in [-0.3, -0.25) is 4.79 Å². The van der Waals surface area contributed by atoms with Gasteiger partial charge in [0.25, 0.3) is 5.91 Å². The molecule has 0 saturated carbocycles. The lowest BCUT2D eigenvalue weighted by Gasteiger charge is -2.15. The summed E-state index contributed by atoms with van der Waals surface area (Å²) in [5.41, 5.74) is 1.37. The van der Waals surface area contributed by atoms with E-state index in [0.717, 1.165) is 5.56 Å². The Hall–Kier alpha value is -2.07. The van der Waals surface area contributed by atoms with E-state index in [9.17, 15) is 4.79 Å². The van der Waals surface area contributed by atoms with Gasteiger partial charge in [-0.25, -0.2) is 0 Å². The lowest BCUT2D eigenvalue weighted by molar-refractivity contribution is 0.0572. The van der Waals surface area contributed by atoms with Gasteiger partial charge in [0, 0.05) is 18.2 Å². The van der Waals surface area contributed by atoms with Gasteiger partial charge in [-0.05, 0) is 18.2 Å². The Morgan fingerprint density at radius 2 is 2.06 bits per heavy atom.